The Morgan fingerprint density at radius 1 is 1.09 bits per heavy atom. The molecule has 2 aromatic rings. The topological polar surface area (TPSA) is 44.5 Å². The Bertz CT molecular complexity index is 619. The summed E-state index contributed by atoms with van der Waals surface area (Å²) in [5.74, 6) is -0.483. The zero-order valence-corrected chi connectivity index (χ0v) is 12.4. The fourth-order valence-corrected chi connectivity index (χ4v) is 2.31. The number of ether oxygens (including phenoxy) is 2. The monoisotopic (exact) mass is 307 g/mol. The highest BCUT2D eigenvalue weighted by atomic mass is 19.1. The second kappa shape index (κ2) is 7.75. The van der Waals surface area contributed by atoms with E-state index in [4.69, 9.17) is 15.2 Å². The molecular formula is C17H19F2NO2. The summed E-state index contributed by atoms with van der Waals surface area (Å²) in [5, 5.41) is 0. The third-order valence-corrected chi connectivity index (χ3v) is 3.48. The van der Waals surface area contributed by atoms with Crippen molar-refractivity contribution in [3.63, 3.8) is 0 Å². The highest BCUT2D eigenvalue weighted by molar-refractivity contribution is 5.36. The number of hydrogen-bond donors (Lipinski definition) is 1. The zero-order valence-electron chi connectivity index (χ0n) is 12.4. The molecule has 0 fully saturated rings. The van der Waals surface area contributed by atoms with Gasteiger partial charge in [0.15, 0.2) is 11.6 Å². The third kappa shape index (κ3) is 3.95. The van der Waals surface area contributed by atoms with Gasteiger partial charge in [0, 0.05) is 12.0 Å². The Morgan fingerprint density at radius 2 is 1.86 bits per heavy atom. The maximum Gasteiger partial charge on any atom is 0.167 e. The molecule has 1 unspecified atom stereocenters. The van der Waals surface area contributed by atoms with Gasteiger partial charge >= 0.3 is 0 Å². The molecular weight excluding hydrogens is 288 g/mol. The van der Waals surface area contributed by atoms with Gasteiger partial charge in [-0.1, -0.05) is 18.2 Å². The molecule has 0 radical (unpaired) electrons. The van der Waals surface area contributed by atoms with Crippen LogP contribution in [0, 0.1) is 11.6 Å². The van der Waals surface area contributed by atoms with Crippen LogP contribution < -0.4 is 15.2 Å². The second-order valence-corrected chi connectivity index (χ2v) is 4.89. The first-order valence-corrected chi connectivity index (χ1v) is 7.06. The fourth-order valence-electron chi connectivity index (χ4n) is 2.31. The van der Waals surface area contributed by atoms with Gasteiger partial charge in [0.2, 0.25) is 0 Å². The first-order chi connectivity index (χ1) is 10.7. The Hall–Kier alpha value is -2.14. The van der Waals surface area contributed by atoms with Crippen LogP contribution in [0.5, 0.6) is 11.5 Å². The summed E-state index contributed by atoms with van der Waals surface area (Å²) < 4.78 is 37.0. The van der Waals surface area contributed by atoms with Gasteiger partial charge in [0.05, 0.1) is 13.7 Å². The molecule has 0 saturated heterocycles. The second-order valence-electron chi connectivity index (χ2n) is 4.89. The largest absolute Gasteiger partial charge is 0.496 e. The van der Waals surface area contributed by atoms with E-state index in [9.17, 15) is 8.78 Å². The number of para-hydroxylation sites is 1. The van der Waals surface area contributed by atoms with Crippen molar-refractivity contribution < 1.29 is 18.3 Å². The molecule has 0 aliphatic carbocycles. The fraction of sp³-hybridized carbons (Fsp3) is 0.294. The van der Waals surface area contributed by atoms with E-state index in [0.29, 0.717) is 13.0 Å². The molecule has 0 spiro atoms. The first-order valence-electron chi connectivity index (χ1n) is 7.06. The minimum absolute atomic E-state index is 0.0391. The van der Waals surface area contributed by atoms with Gasteiger partial charge in [0.25, 0.3) is 0 Å². The molecule has 0 aliphatic rings. The highest BCUT2D eigenvalue weighted by Crippen LogP contribution is 2.28. The molecule has 2 N–H and O–H groups in total. The van der Waals surface area contributed by atoms with Crippen molar-refractivity contribution in [3.8, 4) is 11.5 Å². The van der Waals surface area contributed by atoms with Crippen LogP contribution in [-0.4, -0.2) is 20.3 Å². The van der Waals surface area contributed by atoms with Gasteiger partial charge < -0.3 is 15.2 Å². The Labute approximate surface area is 128 Å². The lowest BCUT2D eigenvalue weighted by Crippen LogP contribution is -2.16. The van der Waals surface area contributed by atoms with Gasteiger partial charge in [-0.3, -0.25) is 0 Å². The van der Waals surface area contributed by atoms with E-state index < -0.39 is 11.6 Å². The lowest BCUT2D eigenvalue weighted by Gasteiger charge is -2.18. The van der Waals surface area contributed by atoms with Crippen molar-refractivity contribution >= 4 is 0 Å². The van der Waals surface area contributed by atoms with Gasteiger partial charge in [-0.05, 0) is 36.7 Å². The SMILES string of the molecule is COc1ccccc1C(CN)CCOc1ccc(F)cc1F. The maximum atomic E-state index is 13.5. The van der Waals surface area contributed by atoms with Crippen LogP contribution in [0.4, 0.5) is 8.78 Å². The van der Waals surface area contributed by atoms with Crippen LogP contribution in [-0.2, 0) is 0 Å². The normalized spacial score (nSPS) is 12.0. The molecule has 0 aromatic heterocycles. The quantitative estimate of drug-likeness (QED) is 0.851. The number of methoxy groups -OCH3 is 1. The third-order valence-electron chi connectivity index (χ3n) is 3.48. The van der Waals surface area contributed by atoms with E-state index in [-0.39, 0.29) is 18.3 Å². The molecule has 0 bridgehead atoms. The number of halogens is 2. The summed E-state index contributed by atoms with van der Waals surface area (Å²) in [6, 6.07) is 10.9. The predicted molar refractivity (Wildman–Crippen MR) is 81.3 cm³/mol. The number of hydrogen-bond acceptors (Lipinski definition) is 3. The summed E-state index contributed by atoms with van der Waals surface area (Å²) in [4.78, 5) is 0. The van der Waals surface area contributed by atoms with Crippen molar-refractivity contribution in [1.29, 1.82) is 0 Å². The minimum atomic E-state index is -0.707. The molecule has 2 aromatic carbocycles. The standard InChI is InChI=1S/C17H19F2NO2/c1-21-16-5-3-2-4-14(16)12(11-20)8-9-22-17-7-6-13(18)10-15(17)19/h2-7,10,12H,8-9,11,20H2,1H3. The predicted octanol–water partition coefficient (Wildman–Crippen LogP) is 3.48. The van der Waals surface area contributed by atoms with E-state index in [1.165, 1.54) is 12.1 Å². The van der Waals surface area contributed by atoms with Gasteiger partial charge in [-0.15, -0.1) is 0 Å². The lowest BCUT2D eigenvalue weighted by atomic mass is 9.95. The van der Waals surface area contributed by atoms with Crippen LogP contribution in [0.2, 0.25) is 0 Å². The van der Waals surface area contributed by atoms with Crippen LogP contribution in [0.1, 0.15) is 17.9 Å². The van der Waals surface area contributed by atoms with Crippen LogP contribution in [0.3, 0.4) is 0 Å². The van der Waals surface area contributed by atoms with Crippen LogP contribution >= 0.6 is 0 Å². The van der Waals surface area contributed by atoms with E-state index in [2.05, 4.69) is 0 Å². The lowest BCUT2D eigenvalue weighted by molar-refractivity contribution is 0.282. The summed E-state index contributed by atoms with van der Waals surface area (Å²) in [5.41, 5.74) is 6.82. The summed E-state index contributed by atoms with van der Waals surface area (Å²) in [6.07, 6.45) is 0.605. The molecule has 0 amide bonds. The molecule has 22 heavy (non-hydrogen) atoms. The van der Waals surface area contributed by atoms with E-state index in [1.54, 1.807) is 7.11 Å². The Balaban J connectivity index is 1.99. The van der Waals surface area contributed by atoms with Gasteiger partial charge in [0.1, 0.15) is 11.6 Å². The van der Waals surface area contributed by atoms with Crippen LogP contribution in [0.15, 0.2) is 42.5 Å². The number of benzene rings is 2. The highest BCUT2D eigenvalue weighted by Gasteiger charge is 2.15. The molecule has 0 saturated carbocycles. The molecule has 3 nitrogen and oxygen atoms in total. The Kier molecular flexibility index (Phi) is 5.72. The zero-order chi connectivity index (χ0) is 15.9. The van der Waals surface area contributed by atoms with E-state index in [1.807, 2.05) is 24.3 Å². The van der Waals surface area contributed by atoms with E-state index >= 15 is 0 Å². The Morgan fingerprint density at radius 3 is 2.55 bits per heavy atom. The molecule has 118 valence electrons. The summed E-state index contributed by atoms with van der Waals surface area (Å²) in [6.45, 7) is 0.706. The maximum absolute atomic E-state index is 13.5. The molecule has 0 heterocycles. The first kappa shape index (κ1) is 16.2. The minimum Gasteiger partial charge on any atom is -0.496 e. The molecule has 5 heteroatoms. The van der Waals surface area contributed by atoms with Crippen molar-refractivity contribution in [2.45, 2.75) is 12.3 Å². The van der Waals surface area contributed by atoms with Crippen LogP contribution in [0.25, 0.3) is 0 Å². The molecule has 2 rings (SSSR count). The smallest absolute Gasteiger partial charge is 0.167 e. The van der Waals surface area contributed by atoms with Crippen molar-refractivity contribution in [3.05, 3.63) is 59.7 Å². The van der Waals surface area contributed by atoms with E-state index in [0.717, 1.165) is 17.4 Å². The summed E-state index contributed by atoms with van der Waals surface area (Å²) >= 11 is 0. The van der Waals surface area contributed by atoms with Crippen molar-refractivity contribution in [2.75, 3.05) is 20.3 Å². The summed E-state index contributed by atoms with van der Waals surface area (Å²) in [7, 11) is 1.61. The number of nitrogens with two attached hydrogens (primary N) is 1. The van der Waals surface area contributed by atoms with Gasteiger partial charge in [-0.2, -0.15) is 0 Å². The molecule has 0 aliphatic heterocycles. The van der Waals surface area contributed by atoms with Crippen molar-refractivity contribution in [1.82, 2.24) is 0 Å². The van der Waals surface area contributed by atoms with Crippen molar-refractivity contribution in [2.24, 2.45) is 5.73 Å². The average Bonchev–Trinajstić information content (AvgIpc) is 2.53. The van der Waals surface area contributed by atoms with Gasteiger partial charge in [-0.25, -0.2) is 8.78 Å². The molecule has 1 atom stereocenters. The number of rotatable bonds is 7. The average molecular weight is 307 g/mol.